The van der Waals surface area contributed by atoms with Crippen molar-refractivity contribution in [3.05, 3.63) is 41.6 Å². The maximum absolute atomic E-state index is 11.1. The number of ketones is 1. The number of rotatable bonds is 7. The molecule has 0 aliphatic heterocycles. The van der Waals surface area contributed by atoms with Gasteiger partial charge in [0.25, 0.3) is 0 Å². The standard InChI is InChI=1S/C15H22N2O/c1-4-13-6-8-14(9-7-13)17-11-15(16-5-2)10-12(3)18/h6-10,16-17H,4-5,11H2,1-3H3/b15-10-. The molecule has 0 bridgehead atoms. The van der Waals surface area contributed by atoms with E-state index in [1.165, 1.54) is 5.56 Å². The van der Waals surface area contributed by atoms with Crippen LogP contribution in [0.25, 0.3) is 0 Å². The lowest BCUT2D eigenvalue weighted by Crippen LogP contribution is -2.20. The molecule has 0 fully saturated rings. The molecule has 18 heavy (non-hydrogen) atoms. The van der Waals surface area contributed by atoms with Crippen LogP contribution in [-0.2, 0) is 11.2 Å². The Kier molecular flexibility index (Phi) is 5.98. The van der Waals surface area contributed by atoms with Crippen LogP contribution in [0.15, 0.2) is 36.0 Å². The van der Waals surface area contributed by atoms with E-state index in [1.807, 2.05) is 6.92 Å². The Morgan fingerprint density at radius 3 is 2.39 bits per heavy atom. The van der Waals surface area contributed by atoms with Crippen molar-refractivity contribution in [2.45, 2.75) is 27.2 Å². The van der Waals surface area contributed by atoms with E-state index >= 15 is 0 Å². The van der Waals surface area contributed by atoms with E-state index in [4.69, 9.17) is 0 Å². The number of benzene rings is 1. The zero-order valence-corrected chi connectivity index (χ0v) is 11.4. The van der Waals surface area contributed by atoms with Gasteiger partial charge in [0.15, 0.2) is 5.78 Å². The minimum absolute atomic E-state index is 0.0640. The van der Waals surface area contributed by atoms with Crippen molar-refractivity contribution in [1.29, 1.82) is 0 Å². The highest BCUT2D eigenvalue weighted by molar-refractivity contribution is 5.88. The number of hydrogen-bond donors (Lipinski definition) is 2. The van der Waals surface area contributed by atoms with Gasteiger partial charge in [-0.3, -0.25) is 4.79 Å². The van der Waals surface area contributed by atoms with Crippen LogP contribution in [0.1, 0.15) is 26.3 Å². The van der Waals surface area contributed by atoms with Gasteiger partial charge in [-0.05, 0) is 38.0 Å². The highest BCUT2D eigenvalue weighted by Gasteiger charge is 1.98. The van der Waals surface area contributed by atoms with E-state index in [1.54, 1.807) is 13.0 Å². The first kappa shape index (κ1) is 14.3. The van der Waals surface area contributed by atoms with Gasteiger partial charge >= 0.3 is 0 Å². The molecule has 0 aromatic heterocycles. The van der Waals surface area contributed by atoms with Crippen molar-refractivity contribution in [2.75, 3.05) is 18.4 Å². The van der Waals surface area contributed by atoms with Crippen molar-refractivity contribution in [2.24, 2.45) is 0 Å². The summed E-state index contributed by atoms with van der Waals surface area (Å²) in [6.07, 6.45) is 2.68. The first-order chi connectivity index (χ1) is 8.65. The quantitative estimate of drug-likeness (QED) is 0.727. The molecule has 0 saturated heterocycles. The molecule has 0 atom stereocenters. The third-order valence-electron chi connectivity index (χ3n) is 2.63. The topological polar surface area (TPSA) is 41.1 Å². The van der Waals surface area contributed by atoms with Crippen LogP contribution in [0.5, 0.6) is 0 Å². The van der Waals surface area contributed by atoms with Crippen LogP contribution in [0.2, 0.25) is 0 Å². The SMILES string of the molecule is CCN/C(=C\C(C)=O)CNc1ccc(CC)cc1. The molecule has 0 spiro atoms. The predicted octanol–water partition coefficient (Wildman–Crippen LogP) is 2.74. The van der Waals surface area contributed by atoms with Crippen molar-refractivity contribution in [3.63, 3.8) is 0 Å². The molecule has 0 saturated carbocycles. The van der Waals surface area contributed by atoms with Gasteiger partial charge in [-0.25, -0.2) is 0 Å². The molecule has 0 heterocycles. The minimum atomic E-state index is 0.0640. The molecular formula is C15H22N2O. The molecule has 3 nitrogen and oxygen atoms in total. The largest absolute Gasteiger partial charge is 0.387 e. The second kappa shape index (κ2) is 7.54. The first-order valence-corrected chi connectivity index (χ1v) is 6.43. The normalized spacial score (nSPS) is 11.2. The van der Waals surface area contributed by atoms with Gasteiger partial charge in [0.05, 0.1) is 6.54 Å². The average molecular weight is 246 g/mol. The smallest absolute Gasteiger partial charge is 0.154 e. The fourth-order valence-electron chi connectivity index (χ4n) is 1.69. The lowest BCUT2D eigenvalue weighted by atomic mass is 10.1. The van der Waals surface area contributed by atoms with Crippen LogP contribution in [-0.4, -0.2) is 18.9 Å². The summed E-state index contributed by atoms with van der Waals surface area (Å²) in [5.41, 5.74) is 3.32. The Hall–Kier alpha value is -1.77. The lowest BCUT2D eigenvalue weighted by Gasteiger charge is -2.11. The molecular weight excluding hydrogens is 224 g/mol. The van der Waals surface area contributed by atoms with Gasteiger partial charge in [0.2, 0.25) is 0 Å². The minimum Gasteiger partial charge on any atom is -0.387 e. The summed E-state index contributed by atoms with van der Waals surface area (Å²) >= 11 is 0. The molecule has 1 aromatic carbocycles. The van der Waals surface area contributed by atoms with Crippen LogP contribution < -0.4 is 10.6 Å². The Balaban J connectivity index is 2.58. The summed E-state index contributed by atoms with van der Waals surface area (Å²) in [6.45, 7) is 7.17. The van der Waals surface area contributed by atoms with Crippen molar-refractivity contribution in [1.82, 2.24) is 5.32 Å². The highest BCUT2D eigenvalue weighted by atomic mass is 16.1. The zero-order valence-electron chi connectivity index (χ0n) is 11.4. The van der Waals surface area contributed by atoms with Crippen LogP contribution in [0, 0.1) is 0 Å². The molecule has 0 amide bonds. The summed E-state index contributed by atoms with van der Waals surface area (Å²) < 4.78 is 0. The van der Waals surface area contributed by atoms with Gasteiger partial charge in [0.1, 0.15) is 0 Å². The summed E-state index contributed by atoms with van der Waals surface area (Å²) in [7, 11) is 0. The van der Waals surface area contributed by atoms with E-state index < -0.39 is 0 Å². The molecule has 0 aliphatic rings. The lowest BCUT2D eigenvalue weighted by molar-refractivity contribution is -0.112. The molecule has 1 rings (SSSR count). The molecule has 1 aromatic rings. The molecule has 0 unspecified atom stereocenters. The number of nitrogens with one attached hydrogen (secondary N) is 2. The first-order valence-electron chi connectivity index (χ1n) is 6.43. The van der Waals surface area contributed by atoms with Gasteiger partial charge < -0.3 is 10.6 Å². The number of aryl methyl sites for hydroxylation is 1. The van der Waals surface area contributed by atoms with Gasteiger partial charge in [0, 0.05) is 24.0 Å². The van der Waals surface area contributed by atoms with Gasteiger partial charge in [-0.2, -0.15) is 0 Å². The van der Waals surface area contributed by atoms with E-state index in [-0.39, 0.29) is 5.78 Å². The number of carbonyl (C=O) groups is 1. The van der Waals surface area contributed by atoms with Gasteiger partial charge in [-0.15, -0.1) is 0 Å². The number of allylic oxidation sites excluding steroid dienone is 1. The van der Waals surface area contributed by atoms with E-state index in [0.29, 0.717) is 6.54 Å². The Morgan fingerprint density at radius 2 is 1.89 bits per heavy atom. The zero-order chi connectivity index (χ0) is 13.4. The summed E-state index contributed by atoms with van der Waals surface area (Å²) in [4.78, 5) is 11.1. The maximum Gasteiger partial charge on any atom is 0.154 e. The Morgan fingerprint density at radius 1 is 1.22 bits per heavy atom. The third kappa shape index (κ3) is 5.04. The second-order valence-corrected chi connectivity index (χ2v) is 4.21. The fraction of sp³-hybridized carbons (Fsp3) is 0.400. The molecule has 3 heteroatoms. The number of carbonyl (C=O) groups excluding carboxylic acids is 1. The molecule has 0 aliphatic carbocycles. The maximum atomic E-state index is 11.1. The van der Waals surface area contributed by atoms with Crippen molar-refractivity contribution in [3.8, 4) is 0 Å². The van der Waals surface area contributed by atoms with Crippen molar-refractivity contribution >= 4 is 11.5 Å². The summed E-state index contributed by atoms with van der Waals surface area (Å²) in [5.74, 6) is 0.0640. The van der Waals surface area contributed by atoms with E-state index in [9.17, 15) is 4.79 Å². The van der Waals surface area contributed by atoms with Crippen LogP contribution in [0.4, 0.5) is 5.69 Å². The predicted molar refractivity (Wildman–Crippen MR) is 76.8 cm³/mol. The summed E-state index contributed by atoms with van der Waals surface area (Å²) in [6, 6.07) is 8.36. The van der Waals surface area contributed by atoms with E-state index in [0.717, 1.165) is 24.4 Å². The molecule has 98 valence electrons. The summed E-state index contributed by atoms with van der Waals surface area (Å²) in [5, 5.41) is 6.49. The van der Waals surface area contributed by atoms with Crippen LogP contribution in [0.3, 0.4) is 0 Å². The Labute approximate surface area is 109 Å². The molecule has 2 N–H and O–H groups in total. The average Bonchev–Trinajstić information content (AvgIpc) is 2.36. The number of hydrogen-bond acceptors (Lipinski definition) is 3. The van der Waals surface area contributed by atoms with Crippen LogP contribution >= 0.6 is 0 Å². The second-order valence-electron chi connectivity index (χ2n) is 4.21. The fourth-order valence-corrected chi connectivity index (χ4v) is 1.69. The number of likely N-dealkylation sites (N-methyl/N-ethyl adjacent to an activating group) is 1. The molecule has 0 radical (unpaired) electrons. The monoisotopic (exact) mass is 246 g/mol. The van der Waals surface area contributed by atoms with E-state index in [2.05, 4.69) is 41.8 Å². The number of anilines is 1. The van der Waals surface area contributed by atoms with Crippen molar-refractivity contribution < 1.29 is 4.79 Å². The Bertz CT molecular complexity index is 407. The highest BCUT2D eigenvalue weighted by Crippen LogP contribution is 2.10. The third-order valence-corrected chi connectivity index (χ3v) is 2.63. The van der Waals surface area contributed by atoms with Gasteiger partial charge in [-0.1, -0.05) is 19.1 Å².